The molecule has 3 rings (SSSR count). The van der Waals surface area contributed by atoms with Crippen molar-refractivity contribution < 1.29 is 9.84 Å². The molecule has 1 N–H and O–H groups in total. The molecule has 1 aliphatic heterocycles. The fourth-order valence-corrected chi connectivity index (χ4v) is 5.08. The summed E-state index contributed by atoms with van der Waals surface area (Å²) in [5, 5.41) is 10.2. The van der Waals surface area contributed by atoms with E-state index in [0.29, 0.717) is 16.9 Å². The van der Waals surface area contributed by atoms with Crippen LogP contribution in [0.15, 0.2) is 0 Å². The van der Waals surface area contributed by atoms with Crippen molar-refractivity contribution in [2.45, 2.75) is 71.5 Å². The quantitative estimate of drug-likeness (QED) is 0.817. The van der Waals surface area contributed by atoms with Gasteiger partial charge in [-0.05, 0) is 68.4 Å². The minimum atomic E-state index is -0.220. The molecule has 0 spiro atoms. The molecule has 3 fully saturated rings. The molecular formula is C18H33NO2. The third kappa shape index (κ3) is 2.77. The number of fused-ring (bicyclic) bond motifs is 2. The van der Waals surface area contributed by atoms with Gasteiger partial charge in [0.25, 0.3) is 0 Å². The van der Waals surface area contributed by atoms with Crippen molar-refractivity contribution in [3.8, 4) is 0 Å². The van der Waals surface area contributed by atoms with Crippen LogP contribution in [-0.2, 0) is 4.74 Å². The molecule has 4 atom stereocenters. The summed E-state index contributed by atoms with van der Waals surface area (Å²) in [7, 11) is 0. The van der Waals surface area contributed by atoms with Crippen molar-refractivity contribution in [2.75, 3.05) is 26.2 Å². The fourth-order valence-electron chi connectivity index (χ4n) is 5.08. The van der Waals surface area contributed by atoms with Crippen LogP contribution in [0, 0.1) is 16.7 Å². The second kappa shape index (κ2) is 5.82. The van der Waals surface area contributed by atoms with Crippen LogP contribution in [-0.4, -0.2) is 48.5 Å². The number of hydrogen-bond acceptors (Lipinski definition) is 3. The molecule has 0 radical (unpaired) electrons. The largest absolute Gasteiger partial charge is 0.392 e. The topological polar surface area (TPSA) is 32.7 Å². The van der Waals surface area contributed by atoms with Crippen molar-refractivity contribution in [1.29, 1.82) is 0 Å². The molecule has 2 bridgehead atoms. The average molecular weight is 295 g/mol. The smallest absolute Gasteiger partial charge is 0.0689 e. The number of aliphatic hydroxyl groups excluding tert-OH is 1. The molecule has 2 saturated carbocycles. The molecule has 0 unspecified atom stereocenters. The maximum atomic E-state index is 10.2. The monoisotopic (exact) mass is 295 g/mol. The SMILES string of the molecule is CC1(C)[C@H]2CC[C@@]1(C)[C@H](OCC[C@H](O)CN1CCCC1)C2. The van der Waals surface area contributed by atoms with Crippen LogP contribution in [0.3, 0.4) is 0 Å². The first-order valence-electron chi connectivity index (χ1n) is 8.95. The number of aliphatic hydroxyl groups is 1. The van der Waals surface area contributed by atoms with Crippen LogP contribution >= 0.6 is 0 Å². The summed E-state index contributed by atoms with van der Waals surface area (Å²) in [5.74, 6) is 0.835. The first-order chi connectivity index (χ1) is 9.93. The molecule has 2 aliphatic carbocycles. The predicted octanol–water partition coefficient (Wildman–Crippen LogP) is 3.06. The molecule has 1 heterocycles. The summed E-state index contributed by atoms with van der Waals surface area (Å²) in [6.45, 7) is 11.2. The number of nitrogens with zero attached hydrogens (tertiary/aromatic N) is 1. The third-order valence-electron chi connectivity index (χ3n) is 7.15. The molecular weight excluding hydrogens is 262 g/mol. The third-order valence-corrected chi connectivity index (χ3v) is 7.15. The van der Waals surface area contributed by atoms with Gasteiger partial charge < -0.3 is 14.7 Å². The maximum Gasteiger partial charge on any atom is 0.0689 e. The standard InChI is InChI=1S/C18H33NO2/c1-17(2)14-6-8-18(17,3)16(12-14)21-11-7-15(20)13-19-9-4-5-10-19/h14-16,20H,4-13H2,1-3H3/t14-,15-,16+,18-/m0/s1. The van der Waals surface area contributed by atoms with E-state index in [2.05, 4.69) is 25.7 Å². The number of rotatable bonds is 6. The number of β-amino-alcohol motifs (C(OH)–C–C–N with tert-alkyl or cyclic N) is 1. The van der Waals surface area contributed by atoms with Gasteiger partial charge in [-0.25, -0.2) is 0 Å². The van der Waals surface area contributed by atoms with Gasteiger partial charge in [-0.3, -0.25) is 0 Å². The van der Waals surface area contributed by atoms with Crippen molar-refractivity contribution >= 4 is 0 Å². The van der Waals surface area contributed by atoms with Gasteiger partial charge in [0.15, 0.2) is 0 Å². The Balaban J connectivity index is 1.42. The highest BCUT2D eigenvalue weighted by atomic mass is 16.5. The summed E-state index contributed by atoms with van der Waals surface area (Å²) in [4.78, 5) is 2.38. The van der Waals surface area contributed by atoms with Gasteiger partial charge in [-0.15, -0.1) is 0 Å². The van der Waals surface area contributed by atoms with Gasteiger partial charge in [0.2, 0.25) is 0 Å². The van der Waals surface area contributed by atoms with Crippen molar-refractivity contribution in [1.82, 2.24) is 4.90 Å². The van der Waals surface area contributed by atoms with Gasteiger partial charge in [0.05, 0.1) is 12.2 Å². The lowest BCUT2D eigenvalue weighted by Crippen LogP contribution is -2.38. The maximum absolute atomic E-state index is 10.2. The van der Waals surface area contributed by atoms with E-state index in [-0.39, 0.29) is 6.10 Å². The van der Waals surface area contributed by atoms with Gasteiger partial charge in [-0.1, -0.05) is 20.8 Å². The van der Waals surface area contributed by atoms with Crippen LogP contribution in [0.25, 0.3) is 0 Å². The van der Waals surface area contributed by atoms with Gasteiger partial charge in [0.1, 0.15) is 0 Å². The Morgan fingerprint density at radius 2 is 1.95 bits per heavy atom. The molecule has 0 aromatic rings. The zero-order valence-electron chi connectivity index (χ0n) is 14.1. The Morgan fingerprint density at radius 3 is 2.52 bits per heavy atom. The predicted molar refractivity (Wildman–Crippen MR) is 85.3 cm³/mol. The summed E-state index contributed by atoms with van der Waals surface area (Å²) < 4.78 is 6.23. The van der Waals surface area contributed by atoms with E-state index in [9.17, 15) is 5.11 Å². The van der Waals surface area contributed by atoms with Gasteiger partial charge in [0, 0.05) is 13.2 Å². The van der Waals surface area contributed by atoms with Crippen LogP contribution in [0.2, 0.25) is 0 Å². The van der Waals surface area contributed by atoms with Crippen LogP contribution < -0.4 is 0 Å². The van der Waals surface area contributed by atoms with Crippen molar-refractivity contribution in [3.63, 3.8) is 0 Å². The number of ether oxygens (including phenoxy) is 1. The van der Waals surface area contributed by atoms with E-state index in [1.807, 2.05) is 0 Å². The van der Waals surface area contributed by atoms with E-state index in [1.165, 1.54) is 32.1 Å². The zero-order valence-corrected chi connectivity index (χ0v) is 14.1. The highest BCUT2D eigenvalue weighted by Crippen LogP contribution is 2.66. The minimum absolute atomic E-state index is 0.220. The fraction of sp³-hybridized carbons (Fsp3) is 1.00. The first kappa shape index (κ1) is 15.8. The molecule has 1 saturated heterocycles. The van der Waals surface area contributed by atoms with E-state index in [4.69, 9.17) is 4.74 Å². The lowest BCUT2D eigenvalue weighted by molar-refractivity contribution is -0.0561. The van der Waals surface area contributed by atoms with Gasteiger partial charge >= 0.3 is 0 Å². The molecule has 122 valence electrons. The Hall–Kier alpha value is -0.120. The molecule has 21 heavy (non-hydrogen) atoms. The number of likely N-dealkylation sites (tertiary alicyclic amines) is 1. The molecule has 3 nitrogen and oxygen atoms in total. The second-order valence-corrected chi connectivity index (χ2v) is 8.42. The number of hydrogen-bond donors (Lipinski definition) is 1. The van der Waals surface area contributed by atoms with Gasteiger partial charge in [-0.2, -0.15) is 0 Å². The Labute approximate surface area is 130 Å². The van der Waals surface area contributed by atoms with Crippen LogP contribution in [0.5, 0.6) is 0 Å². The summed E-state index contributed by atoms with van der Waals surface area (Å²) in [6, 6.07) is 0. The lowest BCUT2D eigenvalue weighted by atomic mass is 9.70. The van der Waals surface area contributed by atoms with E-state index in [1.54, 1.807) is 0 Å². The average Bonchev–Trinajstić information content (AvgIpc) is 3.04. The molecule has 0 amide bonds. The van der Waals surface area contributed by atoms with Crippen LogP contribution in [0.1, 0.15) is 59.3 Å². The first-order valence-corrected chi connectivity index (χ1v) is 8.95. The summed E-state index contributed by atoms with van der Waals surface area (Å²) in [5.41, 5.74) is 0.767. The van der Waals surface area contributed by atoms with Crippen LogP contribution in [0.4, 0.5) is 0 Å². The highest BCUT2D eigenvalue weighted by molar-refractivity contribution is 5.11. The Kier molecular flexibility index (Phi) is 4.37. The van der Waals surface area contributed by atoms with E-state index < -0.39 is 0 Å². The van der Waals surface area contributed by atoms with Crippen molar-refractivity contribution in [3.05, 3.63) is 0 Å². The minimum Gasteiger partial charge on any atom is -0.392 e. The molecule has 3 aliphatic rings. The van der Waals surface area contributed by atoms with E-state index in [0.717, 1.165) is 38.6 Å². The molecule has 0 aromatic carbocycles. The molecule has 3 heteroatoms. The van der Waals surface area contributed by atoms with Crippen molar-refractivity contribution in [2.24, 2.45) is 16.7 Å². The Bertz CT molecular complexity index is 364. The second-order valence-electron chi connectivity index (χ2n) is 8.42. The van der Waals surface area contributed by atoms with E-state index >= 15 is 0 Å². The Morgan fingerprint density at radius 1 is 1.24 bits per heavy atom. The zero-order chi connectivity index (χ0) is 15.1. The molecule has 0 aromatic heterocycles. The highest BCUT2D eigenvalue weighted by Gasteiger charge is 2.61. The summed E-state index contributed by atoms with van der Waals surface area (Å²) in [6.07, 6.45) is 7.47. The summed E-state index contributed by atoms with van der Waals surface area (Å²) >= 11 is 0. The lowest BCUT2D eigenvalue weighted by Gasteiger charge is -2.39. The normalized spacial score (nSPS) is 40.0.